The fourth-order valence-corrected chi connectivity index (χ4v) is 3.17. The van der Waals surface area contributed by atoms with E-state index in [0.717, 1.165) is 41.5 Å². The number of benzene rings is 1. The van der Waals surface area contributed by atoms with E-state index >= 15 is 0 Å². The van der Waals surface area contributed by atoms with Gasteiger partial charge in [0.05, 0.1) is 24.3 Å². The molecule has 38 heavy (non-hydrogen) atoms. The Kier molecular flexibility index (Phi) is 14.6. The number of carbonyl (C=O) groups is 4. The minimum atomic E-state index is -0.778. The Morgan fingerprint density at radius 3 is 1.18 bits per heavy atom. The van der Waals surface area contributed by atoms with Crippen molar-refractivity contribution < 1.29 is 38.3 Å². The van der Waals surface area contributed by atoms with Gasteiger partial charge in [-0.3, -0.25) is 9.68 Å². The topological polar surface area (TPSA) is 143 Å². The first kappa shape index (κ1) is 33.1. The fraction of sp³-hybridized carbons (Fsp3) is 0.400. The lowest BCUT2D eigenvalue weighted by Gasteiger charge is -2.21. The van der Waals surface area contributed by atoms with E-state index in [2.05, 4.69) is 10.3 Å². The minimum Gasteiger partial charge on any atom is -0.410 e. The van der Waals surface area contributed by atoms with Gasteiger partial charge < -0.3 is 9.47 Å². The van der Waals surface area contributed by atoms with E-state index in [0.29, 0.717) is 10.1 Å². The molecular formula is C20H28N6O8S4. The van der Waals surface area contributed by atoms with Crippen molar-refractivity contribution in [3.05, 3.63) is 24.3 Å². The van der Waals surface area contributed by atoms with E-state index in [9.17, 15) is 19.2 Å². The van der Waals surface area contributed by atoms with Crippen LogP contribution >= 0.6 is 47.8 Å². The molecule has 1 rings (SSSR count). The number of nitrogens with zero attached hydrogens (tertiary/aromatic N) is 6. The summed E-state index contributed by atoms with van der Waals surface area (Å²) in [4.78, 5) is 58.0. The minimum absolute atomic E-state index is 0.166. The monoisotopic (exact) mass is 608 g/mol. The van der Waals surface area contributed by atoms with Crippen LogP contribution in [0.1, 0.15) is 13.8 Å². The highest BCUT2D eigenvalue weighted by atomic mass is 32.2. The van der Waals surface area contributed by atoms with Crippen LogP contribution in [0, 0.1) is 0 Å². The van der Waals surface area contributed by atoms with Gasteiger partial charge in [-0.2, -0.15) is 0 Å². The third-order valence-electron chi connectivity index (χ3n) is 3.85. The number of rotatable bonds is 8. The van der Waals surface area contributed by atoms with Gasteiger partial charge in [-0.1, -0.05) is 10.3 Å². The van der Waals surface area contributed by atoms with Crippen LogP contribution in [0.3, 0.4) is 0 Å². The normalized spacial score (nSPS) is 11.3. The van der Waals surface area contributed by atoms with E-state index in [4.69, 9.17) is 19.1 Å². The third kappa shape index (κ3) is 12.1. The van der Waals surface area contributed by atoms with Gasteiger partial charge in [0.15, 0.2) is 0 Å². The second-order valence-electron chi connectivity index (χ2n) is 6.70. The predicted octanol–water partition coefficient (Wildman–Crippen LogP) is 5.20. The Balaban J connectivity index is 2.57. The summed E-state index contributed by atoms with van der Waals surface area (Å²) in [6.07, 6.45) is 0.472. The summed E-state index contributed by atoms with van der Waals surface area (Å²) >= 11 is 4.12. The van der Waals surface area contributed by atoms with Crippen molar-refractivity contribution in [1.82, 2.24) is 17.2 Å². The lowest BCUT2D eigenvalue weighted by molar-refractivity contribution is 0.135. The molecule has 0 spiro atoms. The van der Waals surface area contributed by atoms with Gasteiger partial charge in [0.2, 0.25) is 0 Å². The number of carbonyl (C=O) groups excluding carboxylic acids is 4. The number of hydrogen-bond acceptors (Lipinski definition) is 14. The van der Waals surface area contributed by atoms with Crippen LogP contribution in [0.2, 0.25) is 0 Å². The van der Waals surface area contributed by atoms with E-state index in [1.165, 1.54) is 76.0 Å². The molecule has 0 fully saturated rings. The van der Waals surface area contributed by atoms with Crippen LogP contribution < -0.4 is 9.47 Å². The summed E-state index contributed by atoms with van der Waals surface area (Å²) in [7, 11) is 5.61. The quantitative estimate of drug-likeness (QED) is 0.126. The van der Waals surface area contributed by atoms with Crippen molar-refractivity contribution in [3.8, 4) is 11.5 Å². The van der Waals surface area contributed by atoms with Crippen molar-refractivity contribution in [1.29, 1.82) is 0 Å². The molecular weight excluding hydrogens is 581 g/mol. The molecule has 0 atom stereocenters. The average Bonchev–Trinajstić information content (AvgIpc) is 2.90. The second-order valence-corrected chi connectivity index (χ2v) is 11.2. The number of amides is 4. The van der Waals surface area contributed by atoms with Gasteiger partial charge in [0.1, 0.15) is 21.6 Å². The third-order valence-corrected chi connectivity index (χ3v) is 6.75. The van der Waals surface area contributed by atoms with Gasteiger partial charge >= 0.3 is 24.4 Å². The molecule has 0 aliphatic rings. The maximum absolute atomic E-state index is 12.3. The Morgan fingerprint density at radius 2 is 0.895 bits per heavy atom. The molecule has 0 aliphatic heterocycles. The number of thioether (sulfide) groups is 2. The molecule has 1 aromatic rings. The van der Waals surface area contributed by atoms with Crippen LogP contribution in [0.15, 0.2) is 34.6 Å². The zero-order chi connectivity index (χ0) is 28.8. The summed E-state index contributed by atoms with van der Waals surface area (Å²) in [5, 5.41) is 8.38. The highest BCUT2D eigenvalue weighted by molar-refractivity contribution is 8.13. The molecule has 0 aliphatic carbocycles. The Morgan fingerprint density at radius 1 is 0.605 bits per heavy atom. The molecule has 1 aromatic carbocycles. The largest absolute Gasteiger partial charge is 0.447 e. The van der Waals surface area contributed by atoms with Crippen molar-refractivity contribution in [2.45, 2.75) is 13.8 Å². The molecule has 0 unspecified atom stereocenters. The van der Waals surface area contributed by atoms with Gasteiger partial charge in [-0.25, -0.2) is 36.4 Å². The first-order valence-electron chi connectivity index (χ1n) is 10.3. The highest BCUT2D eigenvalue weighted by Crippen LogP contribution is 2.22. The standard InChI is InChI=1S/C20H28N6O8S4/c1-13(35-7)21-33-19(29)25(5)37-23(3)17(27)31-15-9-11-16(12-10-15)32-18(28)24(4)38-26(6)20(30)34-22-14(2)36-8/h9-12H,1-8H3/b21-13+,22-14+. The summed E-state index contributed by atoms with van der Waals surface area (Å²) < 4.78 is 14.7. The molecule has 0 radical (unpaired) electrons. The Bertz CT molecular complexity index is 962. The number of oxime groups is 2. The van der Waals surface area contributed by atoms with E-state index in [1.54, 1.807) is 26.4 Å². The van der Waals surface area contributed by atoms with E-state index in [1.807, 2.05) is 0 Å². The van der Waals surface area contributed by atoms with Gasteiger partial charge in [-0.05, 0) is 50.6 Å². The second kappa shape index (κ2) is 16.8. The van der Waals surface area contributed by atoms with E-state index in [-0.39, 0.29) is 11.5 Å². The SMILES string of the molecule is CS/C(C)=N/OC(=O)N(C)SN(C)C(=O)Oc1ccc(OC(=O)N(C)SN(C)C(=O)O/N=C(\C)SC)cc1. The van der Waals surface area contributed by atoms with Crippen LogP contribution in [0.4, 0.5) is 19.2 Å². The van der Waals surface area contributed by atoms with Crippen molar-refractivity contribution >= 4 is 82.3 Å². The molecule has 210 valence electrons. The molecule has 0 bridgehead atoms. The van der Waals surface area contributed by atoms with Gasteiger partial charge in [-0.15, -0.1) is 23.5 Å². The molecule has 14 nitrogen and oxygen atoms in total. The lowest BCUT2D eigenvalue weighted by Crippen LogP contribution is -2.31. The van der Waals surface area contributed by atoms with Gasteiger partial charge in [0.25, 0.3) is 0 Å². The van der Waals surface area contributed by atoms with E-state index < -0.39 is 24.4 Å². The molecule has 0 aromatic heterocycles. The Hall–Kier alpha value is -2.96. The smallest absolute Gasteiger partial charge is 0.410 e. The van der Waals surface area contributed by atoms with Crippen LogP contribution in [-0.4, -0.2) is 92.4 Å². The Labute approximate surface area is 237 Å². The van der Waals surface area contributed by atoms with Crippen molar-refractivity contribution in [2.75, 3.05) is 40.7 Å². The number of ether oxygens (including phenoxy) is 2. The molecule has 0 N–H and O–H groups in total. The molecule has 0 heterocycles. The summed E-state index contributed by atoms with van der Waals surface area (Å²) in [5.41, 5.74) is 0. The summed E-state index contributed by atoms with van der Waals surface area (Å²) in [6.45, 7) is 3.36. The van der Waals surface area contributed by atoms with Gasteiger partial charge in [0, 0.05) is 28.2 Å². The van der Waals surface area contributed by atoms with Crippen LogP contribution in [0.25, 0.3) is 0 Å². The molecule has 0 saturated heterocycles. The summed E-state index contributed by atoms with van der Waals surface area (Å²) in [6, 6.07) is 5.67. The lowest BCUT2D eigenvalue weighted by atomic mass is 10.3. The summed E-state index contributed by atoms with van der Waals surface area (Å²) in [5.74, 6) is 0.331. The highest BCUT2D eigenvalue weighted by Gasteiger charge is 2.21. The maximum atomic E-state index is 12.3. The first-order chi connectivity index (χ1) is 17.9. The maximum Gasteiger partial charge on any atom is 0.447 e. The molecule has 18 heteroatoms. The zero-order valence-electron chi connectivity index (χ0n) is 21.9. The first-order valence-corrected chi connectivity index (χ1v) is 14.2. The molecule has 4 amide bonds. The fourth-order valence-electron chi connectivity index (χ4n) is 1.80. The van der Waals surface area contributed by atoms with Crippen LogP contribution in [0.5, 0.6) is 11.5 Å². The van der Waals surface area contributed by atoms with Crippen molar-refractivity contribution in [2.24, 2.45) is 10.3 Å². The van der Waals surface area contributed by atoms with Crippen molar-refractivity contribution in [3.63, 3.8) is 0 Å². The number of hydrogen-bond donors (Lipinski definition) is 0. The predicted molar refractivity (Wildman–Crippen MR) is 151 cm³/mol. The molecule has 0 saturated carbocycles. The van der Waals surface area contributed by atoms with Crippen LogP contribution in [-0.2, 0) is 9.68 Å². The average molecular weight is 609 g/mol. The zero-order valence-corrected chi connectivity index (χ0v) is 25.2.